The standard InChI is InChI=1S/C12H21NO2/c1-3-4-5-9-13-11(14)10-12(15-2)7-6-8-12/h3-4H,5-10H2,1-2H3,(H,13,14)/b4-3+. The van der Waals surface area contributed by atoms with E-state index in [-0.39, 0.29) is 11.5 Å². The topological polar surface area (TPSA) is 38.3 Å². The van der Waals surface area contributed by atoms with Gasteiger partial charge in [0.25, 0.3) is 0 Å². The molecule has 1 amide bonds. The van der Waals surface area contributed by atoms with Crippen molar-refractivity contribution >= 4 is 5.91 Å². The second-order valence-corrected chi connectivity index (χ2v) is 4.13. The highest BCUT2D eigenvalue weighted by Crippen LogP contribution is 2.37. The molecule has 86 valence electrons. The number of allylic oxidation sites excluding steroid dienone is 1. The first-order chi connectivity index (χ1) is 7.22. The predicted molar refractivity (Wildman–Crippen MR) is 60.6 cm³/mol. The summed E-state index contributed by atoms with van der Waals surface area (Å²) in [5.41, 5.74) is -0.148. The second-order valence-electron chi connectivity index (χ2n) is 4.13. The first-order valence-corrected chi connectivity index (χ1v) is 5.65. The van der Waals surface area contributed by atoms with Gasteiger partial charge in [0, 0.05) is 13.7 Å². The van der Waals surface area contributed by atoms with Crippen LogP contribution in [0, 0.1) is 0 Å². The molecule has 1 saturated carbocycles. The van der Waals surface area contributed by atoms with Gasteiger partial charge in [-0.2, -0.15) is 0 Å². The maximum absolute atomic E-state index is 11.6. The Balaban J connectivity index is 2.17. The molecule has 1 fully saturated rings. The van der Waals surface area contributed by atoms with Crippen LogP contribution < -0.4 is 5.32 Å². The lowest BCUT2D eigenvalue weighted by molar-refractivity contribution is -0.134. The van der Waals surface area contributed by atoms with Gasteiger partial charge in [-0.15, -0.1) is 0 Å². The number of carbonyl (C=O) groups excluding carboxylic acids is 1. The number of hydrogen-bond donors (Lipinski definition) is 1. The van der Waals surface area contributed by atoms with Crippen molar-refractivity contribution in [2.24, 2.45) is 0 Å². The predicted octanol–water partition coefficient (Wildman–Crippen LogP) is 2.03. The normalized spacial score (nSPS) is 18.8. The number of nitrogens with one attached hydrogen (secondary N) is 1. The fraction of sp³-hybridized carbons (Fsp3) is 0.750. The largest absolute Gasteiger partial charge is 0.378 e. The van der Waals surface area contributed by atoms with E-state index in [1.807, 2.05) is 13.0 Å². The van der Waals surface area contributed by atoms with Crippen LogP contribution in [0.3, 0.4) is 0 Å². The van der Waals surface area contributed by atoms with Crippen LogP contribution in [0.2, 0.25) is 0 Å². The molecule has 0 heterocycles. The Hall–Kier alpha value is -0.830. The number of carbonyl (C=O) groups is 1. The van der Waals surface area contributed by atoms with Gasteiger partial charge in [-0.1, -0.05) is 12.2 Å². The van der Waals surface area contributed by atoms with Crippen LogP contribution in [0.5, 0.6) is 0 Å². The van der Waals surface area contributed by atoms with E-state index in [9.17, 15) is 4.79 Å². The summed E-state index contributed by atoms with van der Waals surface area (Å²) in [5, 5.41) is 2.91. The number of hydrogen-bond acceptors (Lipinski definition) is 2. The Kier molecular flexibility index (Phi) is 4.82. The van der Waals surface area contributed by atoms with Crippen molar-refractivity contribution in [1.82, 2.24) is 5.32 Å². The van der Waals surface area contributed by atoms with Crippen LogP contribution in [0.25, 0.3) is 0 Å². The first-order valence-electron chi connectivity index (χ1n) is 5.65. The quantitative estimate of drug-likeness (QED) is 0.539. The maximum Gasteiger partial charge on any atom is 0.222 e. The smallest absolute Gasteiger partial charge is 0.222 e. The number of amides is 1. The molecular formula is C12H21NO2. The lowest BCUT2D eigenvalue weighted by atomic mass is 9.77. The molecule has 0 aromatic rings. The second kappa shape index (κ2) is 5.91. The Bertz CT molecular complexity index is 226. The van der Waals surface area contributed by atoms with Crippen LogP contribution in [0.15, 0.2) is 12.2 Å². The summed E-state index contributed by atoms with van der Waals surface area (Å²) in [6.45, 7) is 2.71. The number of ether oxygens (including phenoxy) is 1. The molecule has 0 atom stereocenters. The van der Waals surface area contributed by atoms with Crippen molar-refractivity contribution in [3.63, 3.8) is 0 Å². The highest BCUT2D eigenvalue weighted by Gasteiger charge is 2.38. The van der Waals surface area contributed by atoms with Crippen LogP contribution >= 0.6 is 0 Å². The Morgan fingerprint density at radius 1 is 1.53 bits per heavy atom. The van der Waals surface area contributed by atoms with Crippen LogP contribution in [-0.4, -0.2) is 25.2 Å². The van der Waals surface area contributed by atoms with E-state index >= 15 is 0 Å². The Morgan fingerprint density at radius 2 is 2.27 bits per heavy atom. The number of rotatable bonds is 6. The molecule has 0 aromatic heterocycles. The van der Waals surface area contributed by atoms with Gasteiger partial charge in [-0.25, -0.2) is 0 Å². The zero-order chi connectivity index (χ0) is 11.1. The van der Waals surface area contributed by atoms with E-state index in [2.05, 4.69) is 11.4 Å². The molecule has 0 saturated heterocycles. The highest BCUT2D eigenvalue weighted by atomic mass is 16.5. The van der Waals surface area contributed by atoms with Gasteiger partial charge in [0.15, 0.2) is 0 Å². The van der Waals surface area contributed by atoms with Gasteiger partial charge in [-0.3, -0.25) is 4.79 Å². The summed E-state index contributed by atoms with van der Waals surface area (Å²) < 4.78 is 5.40. The molecule has 0 aromatic carbocycles. The molecular weight excluding hydrogens is 190 g/mol. The molecule has 3 nitrogen and oxygen atoms in total. The zero-order valence-corrected chi connectivity index (χ0v) is 9.71. The molecule has 0 spiro atoms. The van der Waals surface area contributed by atoms with Crippen molar-refractivity contribution in [3.05, 3.63) is 12.2 Å². The molecule has 0 aliphatic heterocycles. The van der Waals surface area contributed by atoms with Crippen molar-refractivity contribution in [2.75, 3.05) is 13.7 Å². The highest BCUT2D eigenvalue weighted by molar-refractivity contribution is 5.77. The molecule has 0 radical (unpaired) electrons. The van der Waals surface area contributed by atoms with E-state index < -0.39 is 0 Å². The summed E-state index contributed by atoms with van der Waals surface area (Å²) >= 11 is 0. The van der Waals surface area contributed by atoms with Crippen molar-refractivity contribution in [2.45, 2.75) is 44.6 Å². The fourth-order valence-electron chi connectivity index (χ4n) is 1.84. The first kappa shape index (κ1) is 12.2. The molecule has 0 unspecified atom stereocenters. The van der Waals surface area contributed by atoms with Crippen LogP contribution in [0.4, 0.5) is 0 Å². The molecule has 15 heavy (non-hydrogen) atoms. The van der Waals surface area contributed by atoms with Gasteiger partial charge in [0.1, 0.15) is 0 Å². The Labute approximate surface area is 91.9 Å². The van der Waals surface area contributed by atoms with Gasteiger partial charge >= 0.3 is 0 Å². The lowest BCUT2D eigenvalue weighted by Crippen LogP contribution is -2.44. The van der Waals surface area contributed by atoms with Gasteiger partial charge in [-0.05, 0) is 32.6 Å². The third-order valence-electron chi connectivity index (χ3n) is 3.05. The number of methoxy groups -OCH3 is 1. The lowest BCUT2D eigenvalue weighted by Gasteiger charge is -2.39. The van der Waals surface area contributed by atoms with Gasteiger partial charge < -0.3 is 10.1 Å². The van der Waals surface area contributed by atoms with Crippen LogP contribution in [0.1, 0.15) is 39.0 Å². The Morgan fingerprint density at radius 3 is 2.73 bits per heavy atom. The van der Waals surface area contributed by atoms with Gasteiger partial charge in [0.2, 0.25) is 5.91 Å². The molecule has 1 aliphatic rings. The van der Waals surface area contributed by atoms with Crippen molar-refractivity contribution in [1.29, 1.82) is 0 Å². The average Bonchev–Trinajstić information content (AvgIpc) is 2.18. The fourth-order valence-corrected chi connectivity index (χ4v) is 1.84. The zero-order valence-electron chi connectivity index (χ0n) is 9.71. The van der Waals surface area contributed by atoms with Crippen molar-refractivity contribution in [3.8, 4) is 0 Å². The molecule has 3 heteroatoms. The summed E-state index contributed by atoms with van der Waals surface area (Å²) in [4.78, 5) is 11.6. The summed E-state index contributed by atoms with van der Waals surface area (Å²) in [7, 11) is 1.70. The molecule has 1 N–H and O–H groups in total. The maximum atomic E-state index is 11.6. The minimum absolute atomic E-state index is 0.112. The van der Waals surface area contributed by atoms with Crippen LogP contribution in [-0.2, 0) is 9.53 Å². The van der Waals surface area contributed by atoms with E-state index in [4.69, 9.17) is 4.74 Å². The average molecular weight is 211 g/mol. The third kappa shape index (κ3) is 3.67. The van der Waals surface area contributed by atoms with E-state index in [1.165, 1.54) is 6.42 Å². The molecule has 1 rings (SSSR count). The van der Waals surface area contributed by atoms with E-state index in [0.29, 0.717) is 6.42 Å². The van der Waals surface area contributed by atoms with Crippen molar-refractivity contribution < 1.29 is 9.53 Å². The third-order valence-corrected chi connectivity index (χ3v) is 3.05. The summed E-state index contributed by atoms with van der Waals surface area (Å²) in [6.07, 6.45) is 8.68. The minimum atomic E-state index is -0.148. The summed E-state index contributed by atoms with van der Waals surface area (Å²) in [5.74, 6) is 0.112. The monoisotopic (exact) mass is 211 g/mol. The summed E-state index contributed by atoms with van der Waals surface area (Å²) in [6, 6.07) is 0. The van der Waals surface area contributed by atoms with E-state index in [1.54, 1.807) is 7.11 Å². The SMILES string of the molecule is C/C=C/CCNC(=O)CC1(OC)CCC1. The molecule has 1 aliphatic carbocycles. The van der Waals surface area contributed by atoms with Gasteiger partial charge in [0.05, 0.1) is 12.0 Å². The van der Waals surface area contributed by atoms with E-state index in [0.717, 1.165) is 25.8 Å². The minimum Gasteiger partial charge on any atom is -0.378 e. The molecule has 0 bridgehead atoms.